The molecule has 3 atom stereocenters. The van der Waals surface area contributed by atoms with Gasteiger partial charge in [-0.3, -0.25) is 4.98 Å². The summed E-state index contributed by atoms with van der Waals surface area (Å²) in [5.41, 5.74) is 9.24. The number of para-hydroxylation sites is 1. The summed E-state index contributed by atoms with van der Waals surface area (Å²) in [5, 5.41) is 4.87. The Morgan fingerprint density at radius 2 is 1.55 bits per heavy atom. The molecule has 164 valence electrons. The van der Waals surface area contributed by atoms with Crippen molar-refractivity contribution in [2.45, 2.75) is 44.4 Å². The fraction of sp³-hybridized carbons (Fsp3) is 0.323. The van der Waals surface area contributed by atoms with Gasteiger partial charge in [0.25, 0.3) is 0 Å². The maximum atomic E-state index is 4.64. The molecule has 2 bridgehead atoms. The third-order valence-corrected chi connectivity index (χ3v) is 8.52. The SMILES string of the molecule is c1ccc2c(c1)-c1ccc(Nc3cccc4cccnc34)cc1C2C1CC2CCCC(C2)C1. The first kappa shape index (κ1) is 19.3. The second-order valence-electron chi connectivity index (χ2n) is 10.5. The molecule has 3 aliphatic rings. The van der Waals surface area contributed by atoms with E-state index in [-0.39, 0.29) is 0 Å². The van der Waals surface area contributed by atoms with Gasteiger partial charge in [-0.2, -0.15) is 0 Å². The number of fused-ring (bicyclic) bond motifs is 6. The normalized spacial score (nSPS) is 25.5. The van der Waals surface area contributed by atoms with E-state index in [0.29, 0.717) is 5.92 Å². The lowest BCUT2D eigenvalue weighted by Gasteiger charge is -2.41. The van der Waals surface area contributed by atoms with Crippen molar-refractivity contribution in [1.82, 2.24) is 4.98 Å². The minimum atomic E-state index is 0.534. The van der Waals surface area contributed by atoms with Crippen LogP contribution >= 0.6 is 0 Å². The number of anilines is 2. The van der Waals surface area contributed by atoms with Crippen molar-refractivity contribution in [3.8, 4) is 11.1 Å². The van der Waals surface area contributed by atoms with Crippen LogP contribution in [0.15, 0.2) is 79.0 Å². The first-order valence-corrected chi connectivity index (χ1v) is 12.7. The molecular formula is C31H30N2. The van der Waals surface area contributed by atoms with Gasteiger partial charge in [0.05, 0.1) is 11.2 Å². The third kappa shape index (κ3) is 3.27. The first-order valence-electron chi connectivity index (χ1n) is 12.7. The number of nitrogens with one attached hydrogen (secondary N) is 1. The van der Waals surface area contributed by atoms with Crippen LogP contribution in [0, 0.1) is 17.8 Å². The van der Waals surface area contributed by atoms with Gasteiger partial charge >= 0.3 is 0 Å². The average molecular weight is 431 g/mol. The second kappa shape index (κ2) is 7.73. The lowest BCUT2D eigenvalue weighted by Crippen LogP contribution is -2.30. The van der Waals surface area contributed by atoms with Crippen LogP contribution in [-0.2, 0) is 0 Å². The Morgan fingerprint density at radius 1 is 0.727 bits per heavy atom. The van der Waals surface area contributed by atoms with Crippen LogP contribution in [0.2, 0.25) is 0 Å². The van der Waals surface area contributed by atoms with Crippen LogP contribution in [0.5, 0.6) is 0 Å². The molecular weight excluding hydrogens is 400 g/mol. The van der Waals surface area contributed by atoms with E-state index in [1.165, 1.54) is 66.3 Å². The fourth-order valence-corrected chi connectivity index (χ4v) is 7.25. The molecule has 1 aromatic heterocycles. The third-order valence-electron chi connectivity index (χ3n) is 8.52. The molecule has 0 amide bonds. The Kier molecular flexibility index (Phi) is 4.53. The van der Waals surface area contributed by atoms with E-state index >= 15 is 0 Å². The lowest BCUT2D eigenvalue weighted by atomic mass is 9.63. The number of nitrogens with zero attached hydrogens (tertiary/aromatic N) is 1. The molecule has 2 heteroatoms. The van der Waals surface area contributed by atoms with Crippen molar-refractivity contribution in [3.63, 3.8) is 0 Å². The molecule has 2 saturated carbocycles. The van der Waals surface area contributed by atoms with Crippen LogP contribution in [0.4, 0.5) is 11.4 Å². The van der Waals surface area contributed by atoms with Gasteiger partial charge in [0.2, 0.25) is 0 Å². The Balaban J connectivity index is 1.29. The number of aromatic nitrogens is 1. The standard InChI is InChI=1S/C31H30N2/c1-2-11-27-25(10-1)26-14-13-24(33-29-12-4-8-22-9-5-15-32-31(22)29)19-28(26)30(27)23-17-20-6-3-7-21(16-20)18-23/h1-2,4-5,8-15,19-21,23,30,33H,3,6-7,16-18H2. The predicted molar refractivity (Wildman–Crippen MR) is 137 cm³/mol. The minimum absolute atomic E-state index is 0.534. The van der Waals surface area contributed by atoms with Crippen LogP contribution in [0.25, 0.3) is 22.0 Å². The summed E-state index contributed by atoms with van der Waals surface area (Å²) in [6, 6.07) is 26.7. The maximum Gasteiger partial charge on any atom is 0.0936 e. The summed E-state index contributed by atoms with van der Waals surface area (Å²) in [4.78, 5) is 4.64. The summed E-state index contributed by atoms with van der Waals surface area (Å²) in [7, 11) is 0. The van der Waals surface area contributed by atoms with Crippen LogP contribution < -0.4 is 5.32 Å². The van der Waals surface area contributed by atoms with Crippen LogP contribution in [-0.4, -0.2) is 4.98 Å². The molecule has 2 nitrogen and oxygen atoms in total. The summed E-state index contributed by atoms with van der Waals surface area (Å²) in [6.07, 6.45) is 10.5. The number of rotatable bonds is 3. The van der Waals surface area contributed by atoms with Gasteiger partial charge in [-0.15, -0.1) is 0 Å². The monoisotopic (exact) mass is 430 g/mol. The van der Waals surface area contributed by atoms with Crippen molar-refractivity contribution in [2.75, 3.05) is 5.32 Å². The largest absolute Gasteiger partial charge is 0.354 e. The summed E-state index contributed by atoms with van der Waals surface area (Å²) in [6.45, 7) is 0. The molecule has 0 aliphatic heterocycles. The first-order chi connectivity index (χ1) is 16.3. The van der Waals surface area contributed by atoms with E-state index in [1.807, 2.05) is 12.3 Å². The van der Waals surface area contributed by atoms with Crippen molar-refractivity contribution < 1.29 is 0 Å². The Morgan fingerprint density at radius 3 is 2.45 bits per heavy atom. The van der Waals surface area contributed by atoms with E-state index in [9.17, 15) is 0 Å². The van der Waals surface area contributed by atoms with Crippen molar-refractivity contribution >= 4 is 22.3 Å². The fourth-order valence-electron chi connectivity index (χ4n) is 7.25. The van der Waals surface area contributed by atoms with Gasteiger partial charge in [-0.1, -0.05) is 67.8 Å². The molecule has 2 fully saturated rings. The molecule has 1 heterocycles. The lowest BCUT2D eigenvalue weighted by molar-refractivity contribution is 0.129. The van der Waals surface area contributed by atoms with Gasteiger partial charge in [0, 0.05) is 23.2 Å². The molecule has 4 aromatic rings. The average Bonchev–Trinajstić information content (AvgIpc) is 3.18. The zero-order valence-corrected chi connectivity index (χ0v) is 19.0. The van der Waals surface area contributed by atoms with E-state index in [0.717, 1.165) is 29.0 Å². The van der Waals surface area contributed by atoms with Gasteiger partial charge in [-0.05, 0) is 83.5 Å². The van der Waals surface area contributed by atoms with E-state index < -0.39 is 0 Å². The van der Waals surface area contributed by atoms with Crippen molar-refractivity contribution in [1.29, 1.82) is 0 Å². The molecule has 3 aliphatic carbocycles. The highest BCUT2D eigenvalue weighted by Crippen LogP contribution is 2.55. The summed E-state index contributed by atoms with van der Waals surface area (Å²) in [5.74, 6) is 3.20. The molecule has 0 spiro atoms. The number of pyridine rings is 1. The second-order valence-corrected chi connectivity index (χ2v) is 10.5. The van der Waals surface area contributed by atoms with Gasteiger partial charge in [-0.25, -0.2) is 0 Å². The van der Waals surface area contributed by atoms with E-state index in [1.54, 1.807) is 5.56 Å². The van der Waals surface area contributed by atoms with Gasteiger partial charge < -0.3 is 5.32 Å². The van der Waals surface area contributed by atoms with E-state index in [2.05, 4.69) is 77.0 Å². The number of hydrogen-bond acceptors (Lipinski definition) is 2. The van der Waals surface area contributed by atoms with Crippen molar-refractivity contribution in [3.05, 3.63) is 90.1 Å². The topological polar surface area (TPSA) is 24.9 Å². The molecule has 33 heavy (non-hydrogen) atoms. The van der Waals surface area contributed by atoms with E-state index in [4.69, 9.17) is 0 Å². The summed E-state index contributed by atoms with van der Waals surface area (Å²) < 4.78 is 0. The zero-order chi connectivity index (χ0) is 21.8. The highest BCUT2D eigenvalue weighted by Gasteiger charge is 2.40. The van der Waals surface area contributed by atoms with Crippen LogP contribution in [0.1, 0.15) is 55.6 Å². The van der Waals surface area contributed by atoms with Gasteiger partial charge in [0.15, 0.2) is 0 Å². The highest BCUT2D eigenvalue weighted by molar-refractivity contribution is 5.92. The predicted octanol–water partition coefficient (Wildman–Crippen LogP) is 8.31. The molecule has 7 rings (SSSR count). The molecule has 1 N–H and O–H groups in total. The van der Waals surface area contributed by atoms with Crippen molar-refractivity contribution in [2.24, 2.45) is 17.8 Å². The Hall–Kier alpha value is -3.13. The molecule has 0 saturated heterocycles. The van der Waals surface area contributed by atoms with Gasteiger partial charge in [0.1, 0.15) is 0 Å². The smallest absolute Gasteiger partial charge is 0.0936 e. The Bertz CT molecular complexity index is 1320. The Labute approximate surface area is 196 Å². The molecule has 3 aromatic carbocycles. The summed E-state index contributed by atoms with van der Waals surface area (Å²) >= 11 is 0. The number of benzene rings is 3. The zero-order valence-electron chi connectivity index (χ0n) is 19.0. The maximum absolute atomic E-state index is 4.64. The quantitative estimate of drug-likeness (QED) is 0.353. The molecule has 0 radical (unpaired) electrons. The molecule has 3 unspecified atom stereocenters. The number of hydrogen-bond donors (Lipinski definition) is 1. The van der Waals surface area contributed by atoms with Crippen LogP contribution in [0.3, 0.4) is 0 Å². The highest BCUT2D eigenvalue weighted by atomic mass is 14.9. The minimum Gasteiger partial charge on any atom is -0.354 e.